The minimum atomic E-state index is -1.11. The van der Waals surface area contributed by atoms with E-state index in [1.807, 2.05) is 30.3 Å². The zero-order valence-corrected chi connectivity index (χ0v) is 15.5. The van der Waals surface area contributed by atoms with Crippen molar-refractivity contribution in [2.45, 2.75) is 18.9 Å². The third kappa shape index (κ3) is 4.31. The second kappa shape index (κ2) is 8.56. The van der Waals surface area contributed by atoms with Crippen LogP contribution >= 0.6 is 0 Å². The number of hydrogen-bond acceptors (Lipinski definition) is 4. The van der Waals surface area contributed by atoms with Gasteiger partial charge in [0.1, 0.15) is 11.8 Å². The van der Waals surface area contributed by atoms with Crippen molar-refractivity contribution >= 4 is 23.5 Å². The number of hydrogen-bond donors (Lipinski definition) is 2. The van der Waals surface area contributed by atoms with Crippen molar-refractivity contribution in [3.05, 3.63) is 60.2 Å². The molecule has 0 spiro atoms. The Labute approximate surface area is 162 Å². The number of carbonyl (C=O) groups is 3. The van der Waals surface area contributed by atoms with Crippen molar-refractivity contribution in [3.8, 4) is 5.75 Å². The minimum Gasteiger partial charge on any atom is -0.495 e. The molecule has 7 heteroatoms. The number of nitrogens with zero attached hydrogens (tertiary/aromatic N) is 1. The van der Waals surface area contributed by atoms with Gasteiger partial charge in [0.05, 0.1) is 18.7 Å². The Morgan fingerprint density at radius 3 is 2.54 bits per heavy atom. The Balaban J connectivity index is 1.69. The van der Waals surface area contributed by atoms with Crippen LogP contribution in [0.1, 0.15) is 12.0 Å². The summed E-state index contributed by atoms with van der Waals surface area (Å²) in [5.74, 6) is -1.81. The SMILES string of the molecule is COc1ccccc1N1CC(C(=O)N[C@H](Cc2ccccc2)C(=O)O)CC1=O. The van der Waals surface area contributed by atoms with Crippen molar-refractivity contribution < 1.29 is 24.2 Å². The molecular weight excluding hydrogens is 360 g/mol. The largest absolute Gasteiger partial charge is 0.495 e. The fourth-order valence-electron chi connectivity index (χ4n) is 3.31. The lowest BCUT2D eigenvalue weighted by atomic mass is 10.0. The lowest BCUT2D eigenvalue weighted by Crippen LogP contribution is -2.45. The van der Waals surface area contributed by atoms with Crippen molar-refractivity contribution in [1.82, 2.24) is 5.32 Å². The first-order chi connectivity index (χ1) is 13.5. The van der Waals surface area contributed by atoms with Crippen LogP contribution in [0.25, 0.3) is 0 Å². The lowest BCUT2D eigenvalue weighted by Gasteiger charge is -2.20. The second-order valence-corrected chi connectivity index (χ2v) is 6.67. The fraction of sp³-hybridized carbons (Fsp3) is 0.286. The van der Waals surface area contributed by atoms with Gasteiger partial charge in [-0.3, -0.25) is 9.59 Å². The van der Waals surface area contributed by atoms with Crippen LogP contribution in [0.5, 0.6) is 5.75 Å². The monoisotopic (exact) mass is 382 g/mol. The molecule has 1 saturated heterocycles. The van der Waals surface area contributed by atoms with Crippen LogP contribution < -0.4 is 15.0 Å². The zero-order valence-electron chi connectivity index (χ0n) is 15.5. The van der Waals surface area contributed by atoms with Crippen LogP contribution in [-0.2, 0) is 20.8 Å². The summed E-state index contributed by atoms with van der Waals surface area (Å²) in [6.45, 7) is 0.183. The molecule has 0 aromatic heterocycles. The molecule has 0 saturated carbocycles. The molecular formula is C21H22N2O5. The van der Waals surface area contributed by atoms with Gasteiger partial charge in [0.15, 0.2) is 0 Å². The van der Waals surface area contributed by atoms with Gasteiger partial charge < -0.3 is 20.1 Å². The van der Waals surface area contributed by atoms with Crippen molar-refractivity contribution in [3.63, 3.8) is 0 Å². The number of amides is 2. The highest BCUT2D eigenvalue weighted by Gasteiger charge is 2.37. The first kappa shape index (κ1) is 19.4. The fourth-order valence-corrected chi connectivity index (χ4v) is 3.31. The molecule has 2 atom stereocenters. The number of nitrogens with one attached hydrogen (secondary N) is 1. The maximum absolute atomic E-state index is 12.6. The predicted molar refractivity (Wildman–Crippen MR) is 103 cm³/mol. The van der Waals surface area contributed by atoms with E-state index in [1.165, 1.54) is 12.0 Å². The van der Waals surface area contributed by atoms with Crippen LogP contribution in [0.4, 0.5) is 5.69 Å². The van der Waals surface area contributed by atoms with Gasteiger partial charge in [-0.15, -0.1) is 0 Å². The number of para-hydroxylation sites is 2. The normalized spacial score (nSPS) is 17.2. The third-order valence-corrected chi connectivity index (χ3v) is 4.77. The molecule has 1 heterocycles. The highest BCUT2D eigenvalue weighted by Crippen LogP contribution is 2.32. The Morgan fingerprint density at radius 1 is 1.18 bits per heavy atom. The first-order valence-electron chi connectivity index (χ1n) is 9.00. The molecule has 2 N–H and O–H groups in total. The zero-order chi connectivity index (χ0) is 20.1. The van der Waals surface area contributed by atoms with Crippen LogP contribution in [0.3, 0.4) is 0 Å². The van der Waals surface area contributed by atoms with Gasteiger partial charge in [0.25, 0.3) is 0 Å². The number of benzene rings is 2. The average Bonchev–Trinajstić information content (AvgIpc) is 3.09. The third-order valence-electron chi connectivity index (χ3n) is 4.77. The number of carboxylic acid groups (broad SMARTS) is 1. The maximum atomic E-state index is 12.6. The van der Waals surface area contributed by atoms with E-state index < -0.39 is 23.8 Å². The number of carbonyl (C=O) groups excluding carboxylic acids is 2. The maximum Gasteiger partial charge on any atom is 0.326 e. The van der Waals surface area contributed by atoms with Crippen molar-refractivity contribution in [1.29, 1.82) is 0 Å². The minimum absolute atomic E-state index is 0.0293. The molecule has 7 nitrogen and oxygen atoms in total. The molecule has 1 aliphatic heterocycles. The molecule has 1 fully saturated rings. The molecule has 1 aliphatic rings. The van der Waals surface area contributed by atoms with E-state index in [0.717, 1.165) is 5.56 Å². The number of carboxylic acids is 1. The van der Waals surface area contributed by atoms with E-state index in [0.29, 0.717) is 11.4 Å². The smallest absolute Gasteiger partial charge is 0.326 e. The van der Waals surface area contributed by atoms with E-state index >= 15 is 0 Å². The Bertz CT molecular complexity index is 868. The number of methoxy groups -OCH3 is 1. The average molecular weight is 382 g/mol. The molecule has 2 aromatic rings. The second-order valence-electron chi connectivity index (χ2n) is 6.67. The molecule has 0 bridgehead atoms. The van der Waals surface area contributed by atoms with E-state index in [2.05, 4.69) is 5.32 Å². The topological polar surface area (TPSA) is 95.9 Å². The van der Waals surface area contributed by atoms with Crippen LogP contribution in [-0.4, -0.2) is 42.6 Å². The van der Waals surface area contributed by atoms with Crippen LogP contribution in [0.15, 0.2) is 54.6 Å². The van der Waals surface area contributed by atoms with E-state index in [4.69, 9.17) is 4.74 Å². The molecule has 2 aromatic carbocycles. The molecule has 2 amide bonds. The van der Waals surface area contributed by atoms with E-state index in [9.17, 15) is 19.5 Å². The predicted octanol–water partition coefficient (Wildman–Crippen LogP) is 1.86. The van der Waals surface area contributed by atoms with Gasteiger partial charge >= 0.3 is 5.97 Å². The number of rotatable bonds is 7. The Hall–Kier alpha value is -3.35. The standard InChI is InChI=1S/C21H22N2O5/c1-28-18-10-6-5-9-17(18)23-13-15(12-19(23)24)20(25)22-16(21(26)27)11-14-7-3-2-4-8-14/h2-10,15-16H,11-13H2,1H3,(H,22,25)(H,26,27)/t15?,16-/m1/s1. The number of ether oxygens (including phenoxy) is 1. The number of aliphatic carboxylic acids is 1. The highest BCUT2D eigenvalue weighted by molar-refractivity contribution is 6.01. The van der Waals surface area contributed by atoms with Gasteiger partial charge in [-0.05, 0) is 17.7 Å². The Morgan fingerprint density at radius 2 is 1.86 bits per heavy atom. The van der Waals surface area contributed by atoms with Gasteiger partial charge in [-0.25, -0.2) is 4.79 Å². The summed E-state index contributed by atoms with van der Waals surface area (Å²) < 4.78 is 5.29. The molecule has 0 radical (unpaired) electrons. The summed E-state index contributed by atoms with van der Waals surface area (Å²) in [5.41, 5.74) is 1.41. The van der Waals surface area contributed by atoms with Gasteiger partial charge in [-0.2, -0.15) is 0 Å². The lowest BCUT2D eigenvalue weighted by molar-refractivity contribution is -0.142. The summed E-state index contributed by atoms with van der Waals surface area (Å²) in [6.07, 6.45) is 0.209. The molecule has 3 rings (SSSR count). The van der Waals surface area contributed by atoms with E-state index in [1.54, 1.807) is 24.3 Å². The van der Waals surface area contributed by atoms with Gasteiger partial charge in [0, 0.05) is 19.4 Å². The van der Waals surface area contributed by atoms with Crippen LogP contribution in [0.2, 0.25) is 0 Å². The summed E-state index contributed by atoms with van der Waals surface area (Å²) in [5, 5.41) is 12.0. The van der Waals surface area contributed by atoms with Crippen molar-refractivity contribution in [2.75, 3.05) is 18.6 Å². The molecule has 28 heavy (non-hydrogen) atoms. The quantitative estimate of drug-likeness (QED) is 0.762. The van der Waals surface area contributed by atoms with Gasteiger partial charge in [-0.1, -0.05) is 42.5 Å². The number of anilines is 1. The first-order valence-corrected chi connectivity index (χ1v) is 9.00. The molecule has 146 valence electrons. The molecule has 0 aliphatic carbocycles. The van der Waals surface area contributed by atoms with Crippen molar-refractivity contribution in [2.24, 2.45) is 5.92 Å². The summed E-state index contributed by atoms with van der Waals surface area (Å²) in [7, 11) is 1.52. The summed E-state index contributed by atoms with van der Waals surface area (Å²) in [4.78, 5) is 38.2. The highest BCUT2D eigenvalue weighted by atomic mass is 16.5. The summed E-state index contributed by atoms with van der Waals surface area (Å²) >= 11 is 0. The van der Waals surface area contributed by atoms with Gasteiger partial charge in [0.2, 0.25) is 11.8 Å². The molecule has 1 unspecified atom stereocenters. The Kier molecular flexibility index (Phi) is 5.93. The summed E-state index contributed by atoms with van der Waals surface area (Å²) in [6, 6.07) is 15.1. The van der Waals surface area contributed by atoms with E-state index in [-0.39, 0.29) is 25.3 Å². The van der Waals surface area contributed by atoms with Crippen LogP contribution in [0, 0.1) is 5.92 Å².